The molecule has 0 bridgehead atoms. The molecule has 0 aromatic carbocycles. The van der Waals surface area contributed by atoms with Gasteiger partial charge in [-0.05, 0) is 26.2 Å². The fourth-order valence-corrected chi connectivity index (χ4v) is 14.2. The van der Waals surface area contributed by atoms with Gasteiger partial charge in [-0.3, -0.25) is 9.59 Å². The van der Waals surface area contributed by atoms with Crippen LogP contribution in [0.25, 0.3) is 0 Å². The minimum absolute atomic E-state index is 0.194. The molecule has 5 heterocycles. The molecular weight excluding hydrogens is 1350 g/mol. The third-order valence-electron chi connectivity index (χ3n) is 20.7. The predicted molar refractivity (Wildman–Crippen MR) is 376 cm³/mol. The first-order valence-corrected chi connectivity index (χ1v) is 39.3. The van der Waals surface area contributed by atoms with E-state index in [1.165, 1.54) is 161 Å². The average Bonchev–Trinajstić information content (AvgIpc) is 0.774. The molecule has 0 aromatic heterocycles. The zero-order valence-corrected chi connectivity index (χ0v) is 61.9. The van der Waals surface area contributed by atoms with Gasteiger partial charge in [0, 0.05) is 13.3 Å². The Morgan fingerprint density at radius 1 is 0.398 bits per heavy atom. The van der Waals surface area contributed by atoms with E-state index >= 15 is 0 Å². The molecule has 0 aromatic rings. The number of aliphatic hydroxyl groups is 15. The second kappa shape index (κ2) is 51.2. The smallest absolute Gasteiger partial charge is 0.220 e. The molecule has 0 radical (unpaired) electrons. The first-order chi connectivity index (χ1) is 49.7. The van der Waals surface area contributed by atoms with Gasteiger partial charge in [-0.1, -0.05) is 219 Å². The monoisotopic (exact) mass is 1480 g/mol. The summed E-state index contributed by atoms with van der Waals surface area (Å²) < 4.78 is 59.3. The standard InChI is InChI=1S/C74H136N2O27/c1-5-7-9-11-13-15-17-19-20-21-22-23-24-25-26-28-30-32-34-36-38-40-54(83)76-48(49(82)39-37-35-33-31-29-27-18-16-14-12-10-8-6-2)45-94-71-64(92)62(90)66(53(44-80)99-71)100-73-65(93)68(59(87)52(43-79)97-73)102-70-55(75-47(4)81)67(58(86)51(42-78)96-70)101-74-69(61(89)57(85)50(41-77)98-74)103-72-63(91)60(88)56(84)46(3)95-72/h37,39,46,48-53,55-74,77-80,82,84-93H,5-36,38,40-45H2,1-4H3,(H,75,81)(H,76,83)/b39-37+/t46?,48-,49+,50?,51?,52?,53?,55?,56+,57-,58+,59-,60?,61-,62+,63-,64?,65?,66+,67+,68-,69?,70-,71+,72+,73-,74-/m0/s1. The van der Waals surface area contributed by atoms with Crippen LogP contribution in [0.4, 0.5) is 0 Å². The summed E-state index contributed by atoms with van der Waals surface area (Å²) in [7, 11) is 0. The highest BCUT2D eigenvalue weighted by molar-refractivity contribution is 5.76. The van der Waals surface area contributed by atoms with Gasteiger partial charge < -0.3 is 135 Å². The van der Waals surface area contributed by atoms with Crippen molar-refractivity contribution in [1.29, 1.82) is 0 Å². The quantitative estimate of drug-likeness (QED) is 0.0307. The molecule has 604 valence electrons. The molecule has 10 unspecified atom stereocenters. The van der Waals surface area contributed by atoms with Crippen molar-refractivity contribution >= 4 is 11.8 Å². The lowest BCUT2D eigenvalue weighted by Crippen LogP contribution is -2.70. The molecule has 5 saturated heterocycles. The molecule has 29 heteroatoms. The van der Waals surface area contributed by atoms with Crippen molar-refractivity contribution in [2.75, 3.05) is 33.0 Å². The molecule has 0 aliphatic carbocycles. The van der Waals surface area contributed by atoms with Gasteiger partial charge in [-0.15, -0.1) is 0 Å². The Morgan fingerprint density at radius 3 is 1.28 bits per heavy atom. The highest BCUT2D eigenvalue weighted by atomic mass is 16.8. The number of carbonyl (C=O) groups is 2. The Bertz CT molecular complexity index is 2240. The molecule has 0 spiro atoms. The van der Waals surface area contributed by atoms with Gasteiger partial charge in [0.1, 0.15) is 116 Å². The fraction of sp³-hybridized carbons (Fsp3) is 0.946. The van der Waals surface area contributed by atoms with Crippen LogP contribution in [-0.4, -0.2) is 287 Å². The van der Waals surface area contributed by atoms with Crippen LogP contribution >= 0.6 is 0 Å². The van der Waals surface area contributed by atoms with Crippen LogP contribution in [0.15, 0.2) is 12.2 Å². The Balaban J connectivity index is 1.19. The topological polar surface area (TPSA) is 454 Å². The highest BCUT2D eigenvalue weighted by Gasteiger charge is 2.57. The van der Waals surface area contributed by atoms with Crippen LogP contribution in [-0.2, 0) is 57.0 Å². The fourth-order valence-electron chi connectivity index (χ4n) is 14.2. The minimum Gasteiger partial charge on any atom is -0.394 e. The maximum atomic E-state index is 13.6. The third kappa shape index (κ3) is 30.5. The number of ether oxygens (including phenoxy) is 10. The summed E-state index contributed by atoms with van der Waals surface area (Å²) in [5.74, 6) is -1.16. The van der Waals surface area contributed by atoms with Crippen LogP contribution in [0, 0.1) is 0 Å². The van der Waals surface area contributed by atoms with E-state index in [2.05, 4.69) is 24.5 Å². The second-order valence-corrected chi connectivity index (χ2v) is 29.2. The Kier molecular flexibility index (Phi) is 45.4. The molecule has 17 N–H and O–H groups in total. The van der Waals surface area contributed by atoms with Crippen molar-refractivity contribution in [3.8, 4) is 0 Å². The predicted octanol–water partition coefficient (Wildman–Crippen LogP) is 2.98. The molecular formula is C74H136N2O27. The molecule has 29 nitrogen and oxygen atoms in total. The zero-order valence-electron chi connectivity index (χ0n) is 61.9. The minimum atomic E-state index is -2.17. The SMILES string of the molecule is CCCCCCCCCCCCC/C=C/[C@@H](O)[C@H](CO[C@@H]1OC(CO)[C@@H](O[C@@H]2OC(CO)[C@H](O)[C@H](O[C@@H]3OC(CO)[C@@H](O)[C@H](O[C@@H]4OC(CO)[C@H](O)[C@H](O)C4O[C@H]4OC(C)[C@@H](O)C(O)[C@@H]4O)C3NC(C)=O)C2O)[C@H](O)C1O)NC(=O)CCCCCCCCCCCCCCCCCCCCCCC. The first-order valence-electron chi connectivity index (χ1n) is 39.3. The number of hydrogen-bond acceptors (Lipinski definition) is 27. The van der Waals surface area contributed by atoms with Gasteiger partial charge in [-0.2, -0.15) is 0 Å². The largest absolute Gasteiger partial charge is 0.394 e. The van der Waals surface area contributed by atoms with Crippen LogP contribution in [0.3, 0.4) is 0 Å². The lowest BCUT2D eigenvalue weighted by Gasteiger charge is -2.50. The number of aliphatic hydroxyl groups excluding tert-OH is 15. The summed E-state index contributed by atoms with van der Waals surface area (Å²) in [4.78, 5) is 26.5. The van der Waals surface area contributed by atoms with Crippen molar-refractivity contribution in [3.05, 3.63) is 12.2 Å². The lowest BCUT2D eigenvalue weighted by molar-refractivity contribution is -0.390. The molecule has 103 heavy (non-hydrogen) atoms. The third-order valence-corrected chi connectivity index (χ3v) is 20.7. The zero-order chi connectivity index (χ0) is 75.2. The molecule has 5 rings (SSSR count). The number of amides is 2. The van der Waals surface area contributed by atoms with Crippen LogP contribution in [0.2, 0.25) is 0 Å². The maximum Gasteiger partial charge on any atom is 0.220 e. The first kappa shape index (κ1) is 91.3. The summed E-state index contributed by atoms with van der Waals surface area (Å²) in [6.45, 7) is 2.62. The summed E-state index contributed by atoms with van der Waals surface area (Å²) in [6.07, 6.45) is -2.11. The summed E-state index contributed by atoms with van der Waals surface area (Å²) >= 11 is 0. The van der Waals surface area contributed by atoms with Gasteiger partial charge >= 0.3 is 0 Å². The van der Waals surface area contributed by atoms with E-state index in [9.17, 15) is 86.2 Å². The second-order valence-electron chi connectivity index (χ2n) is 29.2. The van der Waals surface area contributed by atoms with Gasteiger partial charge in [-0.25, -0.2) is 0 Å². The summed E-state index contributed by atoms with van der Waals surface area (Å²) in [5.41, 5.74) is 0. The molecule has 5 aliphatic heterocycles. The summed E-state index contributed by atoms with van der Waals surface area (Å²) in [5, 5.41) is 172. The number of rotatable bonds is 53. The van der Waals surface area contributed by atoms with E-state index < -0.39 is 205 Å². The number of allylic oxidation sites excluding steroid dienone is 1. The van der Waals surface area contributed by atoms with Crippen molar-refractivity contribution in [2.45, 2.75) is 412 Å². The number of unbranched alkanes of at least 4 members (excludes halogenated alkanes) is 31. The van der Waals surface area contributed by atoms with E-state index in [0.717, 1.165) is 51.9 Å². The average molecular weight is 1490 g/mol. The molecule has 5 aliphatic rings. The highest BCUT2D eigenvalue weighted by Crippen LogP contribution is 2.37. The Morgan fingerprint density at radius 2 is 0.786 bits per heavy atom. The van der Waals surface area contributed by atoms with E-state index in [0.29, 0.717) is 12.8 Å². The summed E-state index contributed by atoms with van der Waals surface area (Å²) in [6, 6.07) is -2.81. The normalized spacial score (nSPS) is 35.0. The van der Waals surface area contributed by atoms with Crippen LogP contribution < -0.4 is 10.6 Å². The Hall–Kier alpha value is -2.32. The maximum absolute atomic E-state index is 13.6. The van der Waals surface area contributed by atoms with Crippen molar-refractivity contribution in [1.82, 2.24) is 10.6 Å². The van der Waals surface area contributed by atoms with Crippen molar-refractivity contribution < 1.29 is 134 Å². The van der Waals surface area contributed by atoms with E-state index in [1.54, 1.807) is 6.08 Å². The van der Waals surface area contributed by atoms with E-state index in [4.69, 9.17) is 47.4 Å². The lowest BCUT2D eigenvalue weighted by atomic mass is 9.94. The van der Waals surface area contributed by atoms with Crippen LogP contribution in [0.1, 0.15) is 246 Å². The van der Waals surface area contributed by atoms with Gasteiger partial charge in [0.25, 0.3) is 0 Å². The number of hydrogen-bond donors (Lipinski definition) is 17. The molecule has 27 atom stereocenters. The molecule has 2 amide bonds. The Labute approximate surface area is 610 Å². The van der Waals surface area contributed by atoms with E-state index in [-0.39, 0.29) is 12.3 Å². The number of nitrogens with one attached hydrogen (secondary N) is 2. The van der Waals surface area contributed by atoms with Gasteiger partial charge in [0.05, 0.1) is 51.3 Å². The van der Waals surface area contributed by atoms with E-state index in [1.807, 2.05) is 6.08 Å². The van der Waals surface area contributed by atoms with Crippen molar-refractivity contribution in [2.24, 2.45) is 0 Å². The molecule has 0 saturated carbocycles. The van der Waals surface area contributed by atoms with Crippen molar-refractivity contribution in [3.63, 3.8) is 0 Å². The van der Waals surface area contributed by atoms with Gasteiger partial charge in [0.15, 0.2) is 31.5 Å². The molecule has 5 fully saturated rings. The van der Waals surface area contributed by atoms with Crippen LogP contribution in [0.5, 0.6) is 0 Å². The van der Waals surface area contributed by atoms with Gasteiger partial charge in [0.2, 0.25) is 11.8 Å². The number of carbonyl (C=O) groups excluding carboxylic acids is 2.